The van der Waals surface area contributed by atoms with Crippen molar-refractivity contribution >= 4 is 23.6 Å². The molecule has 0 bridgehead atoms. The summed E-state index contributed by atoms with van der Waals surface area (Å²) in [6.45, 7) is 11.3. The van der Waals surface area contributed by atoms with E-state index in [0.717, 1.165) is 6.42 Å². The topological polar surface area (TPSA) is 170 Å². The first kappa shape index (κ1) is 43.1. The number of nitrogens with one attached hydrogen (secondary N) is 3. The third-order valence-corrected chi connectivity index (χ3v) is 10.3. The van der Waals surface area contributed by atoms with Gasteiger partial charge in [0.25, 0.3) is 0 Å². The number of likely N-dealkylation sites (tertiary alicyclic amines) is 1. The van der Waals surface area contributed by atoms with Crippen LogP contribution in [-0.2, 0) is 28.7 Å². The molecule has 13 nitrogen and oxygen atoms in total. The molecule has 0 aliphatic carbocycles. The van der Waals surface area contributed by atoms with Crippen LogP contribution in [0.2, 0.25) is 0 Å². The Kier molecular flexibility index (Phi) is 17.8. The molecule has 10 atom stereocenters. The van der Waals surface area contributed by atoms with Gasteiger partial charge in [-0.15, -0.1) is 0 Å². The molecule has 5 N–H and O–H groups in total. The maximum atomic E-state index is 14.1. The predicted molar refractivity (Wildman–Crippen MR) is 192 cm³/mol. The van der Waals surface area contributed by atoms with Crippen LogP contribution >= 0.6 is 0 Å². The maximum absolute atomic E-state index is 14.1. The van der Waals surface area contributed by atoms with Gasteiger partial charge >= 0.3 is 0 Å². The van der Waals surface area contributed by atoms with E-state index in [1.54, 1.807) is 44.9 Å². The van der Waals surface area contributed by atoms with E-state index >= 15 is 0 Å². The van der Waals surface area contributed by atoms with Crippen LogP contribution in [0, 0.1) is 17.8 Å². The van der Waals surface area contributed by atoms with Crippen molar-refractivity contribution in [1.29, 1.82) is 0 Å². The standard InChI is InChI=1S/C37H63N5O8/c1-11-23(4)32(41(8)37(48)31(22(2)3)40-36(47)27(21-43)38-7)29(49-9)20-30(44)42-19-15-18-28(42)34(50-10)24(5)35(46)39-25(6)33(45)26-16-13-12-14-17-26/h12-14,16-17,22-25,27-29,31-34,38,43,45H,11,15,18-21H2,1-10H3,(H,39,46)(H,40,47)/t23-,24+,25+,27-,28-,29+,31-,32-,33+,34+/m0/s1. The number of likely N-dealkylation sites (N-methyl/N-ethyl adjacent to an activating group) is 2. The second-order valence-electron chi connectivity index (χ2n) is 14.0. The fourth-order valence-corrected chi connectivity index (χ4v) is 6.97. The first-order valence-corrected chi connectivity index (χ1v) is 17.9. The number of benzene rings is 1. The number of aliphatic hydroxyl groups is 2. The van der Waals surface area contributed by atoms with E-state index in [1.165, 1.54) is 7.11 Å². The van der Waals surface area contributed by atoms with E-state index < -0.39 is 60.9 Å². The molecule has 1 aromatic carbocycles. The molecule has 284 valence electrons. The van der Waals surface area contributed by atoms with Crippen molar-refractivity contribution < 1.29 is 38.9 Å². The predicted octanol–water partition coefficient (Wildman–Crippen LogP) is 1.87. The number of aliphatic hydroxyl groups excluding tert-OH is 2. The Hall–Kier alpha value is -3.10. The van der Waals surface area contributed by atoms with Crippen molar-refractivity contribution in [3.8, 4) is 0 Å². The summed E-state index contributed by atoms with van der Waals surface area (Å²) < 4.78 is 11.8. The molecule has 1 fully saturated rings. The Morgan fingerprint density at radius 2 is 1.64 bits per heavy atom. The molecule has 4 amide bonds. The fourth-order valence-electron chi connectivity index (χ4n) is 6.97. The minimum absolute atomic E-state index is 0.00197. The van der Waals surface area contributed by atoms with Crippen LogP contribution in [0.1, 0.15) is 78.9 Å². The van der Waals surface area contributed by atoms with Crippen molar-refractivity contribution in [2.45, 2.75) is 116 Å². The molecule has 1 aromatic rings. The van der Waals surface area contributed by atoms with Crippen molar-refractivity contribution in [3.05, 3.63) is 35.9 Å². The summed E-state index contributed by atoms with van der Waals surface area (Å²) in [5.41, 5.74) is 0.702. The van der Waals surface area contributed by atoms with Crippen LogP contribution < -0.4 is 16.0 Å². The number of hydrogen-bond acceptors (Lipinski definition) is 9. The molecule has 50 heavy (non-hydrogen) atoms. The first-order valence-electron chi connectivity index (χ1n) is 17.9. The molecule has 1 heterocycles. The van der Waals surface area contributed by atoms with Crippen molar-refractivity contribution in [3.63, 3.8) is 0 Å². The van der Waals surface area contributed by atoms with Crippen LogP contribution in [0.25, 0.3) is 0 Å². The second kappa shape index (κ2) is 20.7. The lowest BCUT2D eigenvalue weighted by atomic mass is 9.89. The molecule has 1 aliphatic heterocycles. The quantitative estimate of drug-likeness (QED) is 0.136. The van der Waals surface area contributed by atoms with Crippen LogP contribution in [0.15, 0.2) is 30.3 Å². The minimum Gasteiger partial charge on any atom is -0.394 e. The number of hydrogen-bond donors (Lipinski definition) is 5. The van der Waals surface area contributed by atoms with E-state index in [2.05, 4.69) is 16.0 Å². The summed E-state index contributed by atoms with van der Waals surface area (Å²) in [7, 11) is 6.31. The largest absolute Gasteiger partial charge is 0.394 e. The molecular formula is C37H63N5O8. The summed E-state index contributed by atoms with van der Waals surface area (Å²) in [5.74, 6) is -2.15. The van der Waals surface area contributed by atoms with Gasteiger partial charge in [0.1, 0.15) is 12.1 Å². The van der Waals surface area contributed by atoms with Gasteiger partial charge in [0.2, 0.25) is 23.6 Å². The Labute approximate surface area is 298 Å². The zero-order valence-corrected chi connectivity index (χ0v) is 31.7. The SMILES string of the molecule is CC[C@H](C)[C@@H]([C@@H](CC(=O)N1CCC[C@H]1[C@H](OC)[C@@H](C)C(=O)N[C@H](C)[C@@H](O)c1ccccc1)OC)N(C)C(=O)[C@@H](NC(=O)[C@H](CO)NC)C(C)C. The highest BCUT2D eigenvalue weighted by molar-refractivity contribution is 5.90. The Morgan fingerprint density at radius 1 is 1.00 bits per heavy atom. The molecule has 1 saturated heterocycles. The van der Waals surface area contributed by atoms with Crippen molar-refractivity contribution in [2.75, 3.05) is 41.5 Å². The molecule has 0 aromatic heterocycles. The maximum Gasteiger partial charge on any atom is 0.245 e. The van der Waals surface area contributed by atoms with Gasteiger partial charge in [-0.05, 0) is 44.2 Å². The fraction of sp³-hybridized carbons (Fsp3) is 0.730. The van der Waals surface area contributed by atoms with Gasteiger partial charge in [-0.1, -0.05) is 71.4 Å². The van der Waals surface area contributed by atoms with Crippen molar-refractivity contribution in [1.82, 2.24) is 25.8 Å². The van der Waals surface area contributed by atoms with Gasteiger partial charge in [0, 0.05) is 27.8 Å². The number of rotatable bonds is 20. The molecule has 0 radical (unpaired) electrons. The zero-order chi connectivity index (χ0) is 37.7. The van der Waals surface area contributed by atoms with Gasteiger partial charge < -0.3 is 45.4 Å². The van der Waals surface area contributed by atoms with E-state index in [-0.39, 0.29) is 42.0 Å². The third-order valence-electron chi connectivity index (χ3n) is 10.3. The zero-order valence-electron chi connectivity index (χ0n) is 31.7. The van der Waals surface area contributed by atoms with Crippen LogP contribution in [0.5, 0.6) is 0 Å². The summed E-state index contributed by atoms with van der Waals surface area (Å²) in [5, 5.41) is 28.8. The van der Waals surface area contributed by atoms with Crippen LogP contribution in [0.4, 0.5) is 0 Å². The highest BCUT2D eigenvalue weighted by Gasteiger charge is 2.43. The van der Waals surface area contributed by atoms with Crippen LogP contribution in [0.3, 0.4) is 0 Å². The lowest BCUT2D eigenvalue weighted by Gasteiger charge is -2.41. The first-order chi connectivity index (χ1) is 23.7. The average Bonchev–Trinajstić information content (AvgIpc) is 3.60. The Bertz CT molecular complexity index is 1220. The number of methoxy groups -OCH3 is 2. The number of carbonyl (C=O) groups is 4. The number of ether oxygens (including phenoxy) is 2. The summed E-state index contributed by atoms with van der Waals surface area (Å²) >= 11 is 0. The van der Waals surface area contributed by atoms with Gasteiger partial charge in [-0.2, -0.15) is 0 Å². The molecule has 0 unspecified atom stereocenters. The van der Waals surface area contributed by atoms with E-state index in [4.69, 9.17) is 9.47 Å². The molecule has 1 aliphatic rings. The number of carbonyl (C=O) groups excluding carboxylic acids is 4. The smallest absolute Gasteiger partial charge is 0.245 e. The molecule has 13 heteroatoms. The number of nitrogens with zero attached hydrogens (tertiary/aromatic N) is 2. The van der Waals surface area contributed by atoms with E-state index in [1.807, 2.05) is 58.0 Å². The Morgan fingerprint density at radius 3 is 2.16 bits per heavy atom. The molecule has 0 saturated carbocycles. The molecule has 0 spiro atoms. The van der Waals surface area contributed by atoms with Gasteiger partial charge in [0.15, 0.2) is 0 Å². The average molecular weight is 706 g/mol. The van der Waals surface area contributed by atoms with Gasteiger partial charge in [-0.25, -0.2) is 0 Å². The highest BCUT2D eigenvalue weighted by atomic mass is 16.5. The Balaban J connectivity index is 2.23. The second-order valence-corrected chi connectivity index (χ2v) is 14.0. The summed E-state index contributed by atoms with van der Waals surface area (Å²) in [6, 6.07) is 6.04. The normalized spacial score (nSPS) is 20.2. The van der Waals surface area contributed by atoms with Gasteiger partial charge in [0.05, 0.1) is 55.4 Å². The van der Waals surface area contributed by atoms with E-state index in [0.29, 0.717) is 24.9 Å². The lowest BCUT2D eigenvalue weighted by Crippen LogP contribution is -2.59. The third kappa shape index (κ3) is 10.9. The highest BCUT2D eigenvalue weighted by Crippen LogP contribution is 2.30. The van der Waals surface area contributed by atoms with E-state index in [9.17, 15) is 29.4 Å². The molecular weight excluding hydrogens is 642 g/mol. The lowest BCUT2D eigenvalue weighted by molar-refractivity contribution is -0.148. The number of amides is 4. The summed E-state index contributed by atoms with van der Waals surface area (Å²) in [4.78, 5) is 57.6. The minimum atomic E-state index is -0.884. The monoisotopic (exact) mass is 705 g/mol. The van der Waals surface area contributed by atoms with Gasteiger partial charge in [-0.3, -0.25) is 19.2 Å². The molecule has 2 rings (SSSR count). The van der Waals surface area contributed by atoms with Crippen LogP contribution in [-0.4, -0.2) is 128 Å². The summed E-state index contributed by atoms with van der Waals surface area (Å²) in [6.07, 6.45) is -0.00674. The van der Waals surface area contributed by atoms with Crippen molar-refractivity contribution in [2.24, 2.45) is 17.8 Å².